The molecule has 1 aromatic rings. The first-order valence-electron chi connectivity index (χ1n) is 5.82. The predicted octanol–water partition coefficient (Wildman–Crippen LogP) is 2.89. The molecule has 0 saturated heterocycles. The van der Waals surface area contributed by atoms with E-state index in [1.165, 1.54) is 17.5 Å². The van der Waals surface area contributed by atoms with Crippen molar-refractivity contribution < 1.29 is 14.6 Å². The van der Waals surface area contributed by atoms with E-state index in [9.17, 15) is 4.79 Å². The fourth-order valence-electron chi connectivity index (χ4n) is 2.32. The molecule has 0 unspecified atom stereocenters. The largest absolute Gasteiger partial charge is 0.477 e. The van der Waals surface area contributed by atoms with Crippen molar-refractivity contribution >= 4 is 17.3 Å². The van der Waals surface area contributed by atoms with Crippen LogP contribution < -0.4 is 0 Å². The summed E-state index contributed by atoms with van der Waals surface area (Å²) in [5.74, 6) is -0.193. The highest BCUT2D eigenvalue weighted by Gasteiger charge is 2.38. The minimum atomic E-state index is -0.913. The van der Waals surface area contributed by atoms with Crippen LogP contribution in [0, 0.1) is 5.92 Å². The molecule has 0 aliphatic heterocycles. The van der Waals surface area contributed by atoms with Crippen molar-refractivity contribution in [3.05, 3.63) is 16.1 Å². The van der Waals surface area contributed by atoms with Gasteiger partial charge in [0.25, 0.3) is 0 Å². The lowest BCUT2D eigenvalue weighted by Gasteiger charge is -2.36. The molecule has 2 rings (SSSR count). The van der Waals surface area contributed by atoms with Crippen molar-refractivity contribution in [2.45, 2.75) is 38.2 Å². The number of ether oxygens (including phenoxy) is 1. The Morgan fingerprint density at radius 1 is 1.59 bits per heavy atom. The Morgan fingerprint density at radius 3 is 2.71 bits per heavy atom. The van der Waals surface area contributed by atoms with Gasteiger partial charge in [-0.15, -0.1) is 11.3 Å². The van der Waals surface area contributed by atoms with E-state index in [2.05, 4.69) is 11.9 Å². The molecule has 1 aliphatic rings. The van der Waals surface area contributed by atoms with Crippen molar-refractivity contribution in [1.29, 1.82) is 0 Å². The van der Waals surface area contributed by atoms with Crippen molar-refractivity contribution in [1.82, 2.24) is 4.98 Å². The standard InChI is InChI=1S/C12H17NO3S/c1-8-3-5-12(16-2,6-4-8)11-13-7-9(17-11)10(14)15/h7-8H,3-6H2,1-2H3,(H,14,15). The van der Waals surface area contributed by atoms with E-state index in [-0.39, 0.29) is 10.5 Å². The van der Waals surface area contributed by atoms with Gasteiger partial charge in [-0.25, -0.2) is 9.78 Å². The van der Waals surface area contributed by atoms with Gasteiger partial charge >= 0.3 is 5.97 Å². The Labute approximate surface area is 105 Å². The first-order chi connectivity index (χ1) is 8.07. The zero-order valence-electron chi connectivity index (χ0n) is 10.1. The Morgan fingerprint density at radius 2 is 2.24 bits per heavy atom. The highest BCUT2D eigenvalue weighted by atomic mass is 32.1. The van der Waals surface area contributed by atoms with Crippen LogP contribution >= 0.6 is 11.3 Å². The molecule has 0 aromatic carbocycles. The molecule has 4 nitrogen and oxygen atoms in total. The van der Waals surface area contributed by atoms with E-state index < -0.39 is 5.97 Å². The first-order valence-corrected chi connectivity index (χ1v) is 6.64. The average molecular weight is 255 g/mol. The summed E-state index contributed by atoms with van der Waals surface area (Å²) in [5.41, 5.74) is -0.356. The summed E-state index contributed by atoms with van der Waals surface area (Å²) >= 11 is 1.24. The summed E-state index contributed by atoms with van der Waals surface area (Å²) in [5, 5.41) is 9.73. The second-order valence-electron chi connectivity index (χ2n) is 4.72. The number of rotatable bonds is 3. The second-order valence-corrected chi connectivity index (χ2v) is 5.75. The van der Waals surface area contributed by atoms with Crippen LogP contribution in [-0.2, 0) is 10.3 Å². The number of carbonyl (C=O) groups is 1. The number of hydrogen-bond donors (Lipinski definition) is 1. The van der Waals surface area contributed by atoms with Crippen molar-refractivity contribution in [2.75, 3.05) is 7.11 Å². The van der Waals surface area contributed by atoms with Gasteiger partial charge in [-0.2, -0.15) is 0 Å². The Kier molecular flexibility index (Phi) is 3.49. The van der Waals surface area contributed by atoms with Crippen LogP contribution in [0.4, 0.5) is 0 Å². The number of hydrogen-bond acceptors (Lipinski definition) is 4. The monoisotopic (exact) mass is 255 g/mol. The van der Waals surface area contributed by atoms with E-state index >= 15 is 0 Å². The molecular weight excluding hydrogens is 238 g/mol. The molecule has 1 fully saturated rings. The lowest BCUT2D eigenvalue weighted by Crippen LogP contribution is -2.33. The molecule has 1 aromatic heterocycles. The third-order valence-electron chi connectivity index (χ3n) is 3.58. The van der Waals surface area contributed by atoms with Gasteiger partial charge in [0, 0.05) is 7.11 Å². The SMILES string of the molecule is COC1(c2ncc(C(=O)O)s2)CCC(C)CC1. The molecule has 5 heteroatoms. The molecule has 0 radical (unpaired) electrons. The van der Waals surface area contributed by atoms with Crippen LogP contribution in [0.5, 0.6) is 0 Å². The third-order valence-corrected chi connectivity index (χ3v) is 4.75. The van der Waals surface area contributed by atoms with Crippen LogP contribution in [0.1, 0.15) is 47.3 Å². The molecule has 17 heavy (non-hydrogen) atoms. The molecule has 1 N–H and O–H groups in total. The minimum Gasteiger partial charge on any atom is -0.477 e. The molecule has 0 atom stereocenters. The number of aromatic nitrogens is 1. The summed E-state index contributed by atoms with van der Waals surface area (Å²) < 4.78 is 5.66. The third kappa shape index (κ3) is 2.35. The van der Waals surface area contributed by atoms with Gasteiger partial charge in [-0.3, -0.25) is 0 Å². The van der Waals surface area contributed by atoms with Crippen molar-refractivity contribution in [3.63, 3.8) is 0 Å². The van der Waals surface area contributed by atoms with E-state index in [0.717, 1.165) is 36.6 Å². The van der Waals surface area contributed by atoms with E-state index in [0.29, 0.717) is 0 Å². The van der Waals surface area contributed by atoms with E-state index in [1.807, 2.05) is 0 Å². The highest BCUT2D eigenvalue weighted by molar-refractivity contribution is 7.13. The van der Waals surface area contributed by atoms with Crippen LogP contribution in [0.15, 0.2) is 6.20 Å². The molecule has 0 amide bonds. The van der Waals surface area contributed by atoms with Crippen LogP contribution in [0.3, 0.4) is 0 Å². The molecular formula is C12H17NO3S. The smallest absolute Gasteiger partial charge is 0.347 e. The molecule has 1 aliphatic carbocycles. The summed E-state index contributed by atoms with van der Waals surface area (Å²) in [6.45, 7) is 2.24. The fraction of sp³-hybridized carbons (Fsp3) is 0.667. The summed E-state index contributed by atoms with van der Waals surface area (Å²) in [6.07, 6.45) is 5.50. The second kappa shape index (κ2) is 4.74. The maximum atomic E-state index is 10.9. The Bertz CT molecular complexity index is 408. The van der Waals surface area contributed by atoms with Gasteiger partial charge in [0.05, 0.1) is 6.20 Å². The van der Waals surface area contributed by atoms with Gasteiger partial charge in [-0.1, -0.05) is 6.92 Å². The van der Waals surface area contributed by atoms with Crippen LogP contribution in [-0.4, -0.2) is 23.2 Å². The number of carboxylic acids is 1. The molecule has 1 saturated carbocycles. The zero-order valence-corrected chi connectivity index (χ0v) is 10.9. The van der Waals surface area contributed by atoms with Crippen molar-refractivity contribution in [2.24, 2.45) is 5.92 Å². The number of methoxy groups -OCH3 is 1. The molecule has 0 bridgehead atoms. The number of aromatic carboxylic acids is 1. The fourth-order valence-corrected chi connectivity index (χ4v) is 3.30. The molecule has 1 heterocycles. The van der Waals surface area contributed by atoms with Crippen LogP contribution in [0.25, 0.3) is 0 Å². The molecule has 0 spiro atoms. The van der Waals surface area contributed by atoms with Gasteiger partial charge in [0.1, 0.15) is 15.5 Å². The van der Waals surface area contributed by atoms with Crippen LogP contribution in [0.2, 0.25) is 0 Å². The lowest BCUT2D eigenvalue weighted by molar-refractivity contribution is -0.0531. The summed E-state index contributed by atoms with van der Waals surface area (Å²) in [6, 6.07) is 0. The number of nitrogens with zero attached hydrogens (tertiary/aromatic N) is 1. The molecule has 94 valence electrons. The Hall–Kier alpha value is -0.940. The lowest BCUT2D eigenvalue weighted by atomic mass is 9.80. The highest BCUT2D eigenvalue weighted by Crippen LogP contribution is 2.43. The van der Waals surface area contributed by atoms with E-state index in [4.69, 9.17) is 9.84 Å². The normalized spacial score (nSPS) is 29.2. The maximum absolute atomic E-state index is 10.9. The summed E-state index contributed by atoms with van der Waals surface area (Å²) in [4.78, 5) is 15.4. The number of carboxylic acid groups (broad SMARTS) is 1. The zero-order chi connectivity index (χ0) is 12.5. The van der Waals surface area contributed by atoms with Crippen molar-refractivity contribution in [3.8, 4) is 0 Å². The Balaban J connectivity index is 2.25. The van der Waals surface area contributed by atoms with Gasteiger partial charge in [-0.05, 0) is 31.6 Å². The summed E-state index contributed by atoms with van der Waals surface area (Å²) in [7, 11) is 1.69. The van der Waals surface area contributed by atoms with Gasteiger partial charge in [0.2, 0.25) is 0 Å². The average Bonchev–Trinajstić information content (AvgIpc) is 2.81. The van der Waals surface area contributed by atoms with E-state index in [1.54, 1.807) is 7.11 Å². The quantitative estimate of drug-likeness (QED) is 0.902. The predicted molar refractivity (Wildman–Crippen MR) is 65.4 cm³/mol. The maximum Gasteiger partial charge on any atom is 0.347 e. The minimum absolute atomic E-state index is 0.287. The van der Waals surface area contributed by atoms with Gasteiger partial charge in [0.15, 0.2) is 0 Å². The topological polar surface area (TPSA) is 59.4 Å². The first kappa shape index (κ1) is 12.5. The van der Waals surface area contributed by atoms with Gasteiger partial charge < -0.3 is 9.84 Å². The number of thiazole rings is 1.